The van der Waals surface area contributed by atoms with Crippen molar-refractivity contribution in [1.82, 2.24) is 10.2 Å². The van der Waals surface area contributed by atoms with Gasteiger partial charge in [-0.2, -0.15) is 5.10 Å². The van der Waals surface area contributed by atoms with Crippen LogP contribution >= 0.6 is 15.9 Å². The Morgan fingerprint density at radius 3 is 2.52 bits per heavy atom. The fourth-order valence-electron chi connectivity index (χ4n) is 2.63. The van der Waals surface area contributed by atoms with Crippen LogP contribution in [0.5, 0.6) is 0 Å². The molecule has 0 amide bonds. The smallest absolute Gasteiger partial charge is 0.153 e. The number of halogens is 1. The second kappa shape index (κ2) is 5.07. The topological polar surface area (TPSA) is 67.8 Å². The molecule has 0 saturated carbocycles. The van der Waals surface area contributed by atoms with E-state index in [4.69, 9.17) is 10.2 Å². The molecule has 21 heavy (non-hydrogen) atoms. The molecule has 0 atom stereocenters. The summed E-state index contributed by atoms with van der Waals surface area (Å²) in [7, 11) is 0. The van der Waals surface area contributed by atoms with E-state index in [2.05, 4.69) is 26.1 Å². The lowest BCUT2D eigenvalue weighted by atomic mass is 9.98. The third kappa shape index (κ3) is 2.27. The highest BCUT2D eigenvalue weighted by atomic mass is 79.9. The Balaban J connectivity index is 2.27. The van der Waals surface area contributed by atoms with Crippen molar-refractivity contribution in [2.75, 3.05) is 5.73 Å². The molecular weight excluding hydrogens is 330 g/mol. The summed E-state index contributed by atoms with van der Waals surface area (Å²) in [4.78, 5) is 0. The van der Waals surface area contributed by atoms with Gasteiger partial charge in [-0.25, -0.2) is 0 Å². The van der Waals surface area contributed by atoms with Crippen LogP contribution in [0.4, 0.5) is 5.82 Å². The predicted molar refractivity (Wildman–Crippen MR) is 88.0 cm³/mol. The summed E-state index contributed by atoms with van der Waals surface area (Å²) in [6, 6.07) is 8.02. The number of H-pyrrole nitrogens is 1. The molecule has 0 fully saturated rings. The van der Waals surface area contributed by atoms with Gasteiger partial charge >= 0.3 is 0 Å². The lowest BCUT2D eigenvalue weighted by Gasteiger charge is -2.05. The van der Waals surface area contributed by atoms with E-state index in [0.717, 1.165) is 43.9 Å². The first-order valence-electron chi connectivity index (χ1n) is 6.65. The summed E-state index contributed by atoms with van der Waals surface area (Å²) < 4.78 is 6.73. The van der Waals surface area contributed by atoms with E-state index in [1.165, 1.54) is 0 Å². The second-order valence-electron chi connectivity index (χ2n) is 5.08. The molecule has 0 aliphatic heterocycles. The van der Waals surface area contributed by atoms with E-state index in [1.807, 2.05) is 45.0 Å². The third-order valence-corrected chi connectivity index (χ3v) is 4.21. The molecule has 0 radical (unpaired) electrons. The first kappa shape index (κ1) is 13.9. The lowest BCUT2D eigenvalue weighted by molar-refractivity contribution is 0.503. The molecule has 0 aliphatic rings. The minimum absolute atomic E-state index is 0.487. The number of furan rings is 1. The summed E-state index contributed by atoms with van der Waals surface area (Å²) in [5.41, 5.74) is 11.0. The van der Waals surface area contributed by atoms with Crippen molar-refractivity contribution in [1.29, 1.82) is 0 Å². The summed E-state index contributed by atoms with van der Waals surface area (Å²) in [5, 5.41) is 7.24. The Hall–Kier alpha value is -2.01. The van der Waals surface area contributed by atoms with E-state index in [0.29, 0.717) is 5.82 Å². The zero-order valence-electron chi connectivity index (χ0n) is 12.1. The number of aromatic nitrogens is 2. The van der Waals surface area contributed by atoms with Gasteiger partial charge in [0.05, 0.1) is 11.3 Å². The van der Waals surface area contributed by atoms with Gasteiger partial charge in [0.1, 0.15) is 11.5 Å². The Labute approximate surface area is 131 Å². The number of nitrogens with zero attached hydrogens (tertiary/aromatic N) is 1. The molecule has 0 unspecified atom stereocenters. The zero-order chi connectivity index (χ0) is 15.1. The van der Waals surface area contributed by atoms with E-state index in [1.54, 1.807) is 0 Å². The van der Waals surface area contributed by atoms with Crippen LogP contribution in [0.1, 0.15) is 17.1 Å². The van der Waals surface area contributed by atoms with E-state index < -0.39 is 0 Å². The van der Waals surface area contributed by atoms with Crippen LogP contribution < -0.4 is 5.73 Å². The van der Waals surface area contributed by atoms with Crippen molar-refractivity contribution in [3.8, 4) is 22.4 Å². The van der Waals surface area contributed by atoms with Gasteiger partial charge in [-0.15, -0.1) is 0 Å². The predicted octanol–water partition coefficient (Wildman–Crippen LogP) is 4.61. The van der Waals surface area contributed by atoms with E-state index >= 15 is 0 Å². The maximum Gasteiger partial charge on any atom is 0.153 e. The maximum absolute atomic E-state index is 6.08. The number of hydrogen-bond donors (Lipinski definition) is 2. The van der Waals surface area contributed by atoms with Crippen molar-refractivity contribution in [3.63, 3.8) is 0 Å². The minimum Gasteiger partial charge on any atom is -0.466 e. The van der Waals surface area contributed by atoms with Crippen molar-refractivity contribution in [2.45, 2.75) is 20.8 Å². The molecule has 2 aromatic heterocycles. The highest BCUT2D eigenvalue weighted by Crippen LogP contribution is 2.39. The standard InChI is InChI=1S/C16H16BrN3O/c1-8-9(2)21-10(3)13(8)15-14(16(18)20-19-15)11-5-4-6-12(17)7-11/h4-7H,1-3H3,(H3,18,19,20). The number of rotatable bonds is 2. The van der Waals surface area contributed by atoms with Crippen LogP contribution in [0.3, 0.4) is 0 Å². The molecule has 3 N–H and O–H groups in total. The van der Waals surface area contributed by atoms with Gasteiger partial charge in [-0.1, -0.05) is 28.1 Å². The van der Waals surface area contributed by atoms with Crippen LogP contribution in [0, 0.1) is 20.8 Å². The summed E-state index contributed by atoms with van der Waals surface area (Å²) in [6.07, 6.45) is 0. The third-order valence-electron chi connectivity index (χ3n) is 3.72. The van der Waals surface area contributed by atoms with Gasteiger partial charge in [0.15, 0.2) is 5.82 Å². The van der Waals surface area contributed by atoms with Crippen LogP contribution in [0.2, 0.25) is 0 Å². The van der Waals surface area contributed by atoms with Gasteiger partial charge < -0.3 is 10.2 Å². The monoisotopic (exact) mass is 345 g/mol. The molecule has 4 nitrogen and oxygen atoms in total. The summed E-state index contributed by atoms with van der Waals surface area (Å²) in [5.74, 6) is 2.27. The largest absolute Gasteiger partial charge is 0.466 e. The van der Waals surface area contributed by atoms with Gasteiger partial charge in [0.2, 0.25) is 0 Å². The molecule has 1 aromatic carbocycles. The first-order chi connectivity index (χ1) is 9.99. The molecular formula is C16H16BrN3O. The van der Waals surface area contributed by atoms with Crippen LogP contribution in [-0.4, -0.2) is 10.2 Å². The number of anilines is 1. The van der Waals surface area contributed by atoms with E-state index in [9.17, 15) is 0 Å². The molecule has 0 aliphatic carbocycles. The second-order valence-corrected chi connectivity index (χ2v) is 6.00. The number of nitrogens with two attached hydrogens (primary N) is 1. The van der Waals surface area contributed by atoms with Crippen molar-refractivity contribution in [3.05, 3.63) is 45.8 Å². The minimum atomic E-state index is 0.487. The number of nitrogen functional groups attached to an aromatic ring is 1. The summed E-state index contributed by atoms with van der Waals surface area (Å²) in [6.45, 7) is 5.96. The molecule has 3 rings (SSSR count). The Kier molecular flexibility index (Phi) is 3.37. The number of hydrogen-bond acceptors (Lipinski definition) is 3. The Bertz CT molecular complexity index is 817. The number of aromatic amines is 1. The number of aryl methyl sites for hydroxylation is 2. The molecule has 0 bridgehead atoms. The van der Waals surface area contributed by atoms with Gasteiger partial charge in [-0.3, -0.25) is 5.10 Å². The summed E-state index contributed by atoms with van der Waals surface area (Å²) >= 11 is 3.50. The molecule has 0 spiro atoms. The number of nitrogens with one attached hydrogen (secondary N) is 1. The van der Waals surface area contributed by atoms with Gasteiger partial charge in [-0.05, 0) is 44.0 Å². The van der Waals surface area contributed by atoms with Crippen molar-refractivity contribution < 1.29 is 4.42 Å². The van der Waals surface area contributed by atoms with Crippen LogP contribution in [0.15, 0.2) is 33.2 Å². The lowest BCUT2D eigenvalue weighted by Crippen LogP contribution is -1.90. The van der Waals surface area contributed by atoms with Crippen LogP contribution in [0.25, 0.3) is 22.4 Å². The van der Waals surface area contributed by atoms with E-state index in [-0.39, 0.29) is 0 Å². The van der Waals surface area contributed by atoms with Crippen LogP contribution in [-0.2, 0) is 0 Å². The molecule has 108 valence electrons. The molecule has 2 heterocycles. The Morgan fingerprint density at radius 2 is 1.90 bits per heavy atom. The molecule has 5 heteroatoms. The normalized spacial score (nSPS) is 11.0. The average molecular weight is 346 g/mol. The quantitative estimate of drug-likeness (QED) is 0.712. The van der Waals surface area contributed by atoms with Crippen molar-refractivity contribution in [2.24, 2.45) is 0 Å². The molecule has 0 saturated heterocycles. The van der Waals surface area contributed by atoms with Gasteiger partial charge in [0.25, 0.3) is 0 Å². The highest BCUT2D eigenvalue weighted by Gasteiger charge is 2.21. The Morgan fingerprint density at radius 1 is 1.14 bits per heavy atom. The van der Waals surface area contributed by atoms with Crippen molar-refractivity contribution >= 4 is 21.7 Å². The maximum atomic E-state index is 6.08. The average Bonchev–Trinajstić information content (AvgIpc) is 2.91. The highest BCUT2D eigenvalue weighted by molar-refractivity contribution is 9.10. The molecule has 3 aromatic rings. The van der Waals surface area contributed by atoms with Gasteiger partial charge in [0, 0.05) is 10.0 Å². The number of benzene rings is 1. The fourth-order valence-corrected chi connectivity index (χ4v) is 3.03. The fraction of sp³-hybridized carbons (Fsp3) is 0.188. The zero-order valence-corrected chi connectivity index (χ0v) is 13.7. The first-order valence-corrected chi connectivity index (χ1v) is 7.45. The SMILES string of the molecule is Cc1oc(C)c(-c2[nH]nc(N)c2-c2cccc(Br)c2)c1C.